The summed E-state index contributed by atoms with van der Waals surface area (Å²) in [6.45, 7) is 5.35. The van der Waals surface area contributed by atoms with E-state index in [1.54, 1.807) is 26.1 Å². The highest BCUT2D eigenvalue weighted by Crippen LogP contribution is 2.34. The Balaban J connectivity index is 1.53. The molecule has 4 aromatic rings. The summed E-state index contributed by atoms with van der Waals surface area (Å²) in [5, 5.41) is 3.52. The van der Waals surface area contributed by atoms with E-state index in [0.29, 0.717) is 32.6 Å². The number of anilines is 3. The molecule has 0 atom stereocenters. The molecule has 0 radical (unpaired) electrons. The second kappa shape index (κ2) is 8.17. The van der Waals surface area contributed by atoms with Gasteiger partial charge in [0, 0.05) is 29.0 Å². The van der Waals surface area contributed by atoms with Gasteiger partial charge in [-0.2, -0.15) is 0 Å². The number of aryl methyl sites for hydroxylation is 3. The number of amides is 1. The first-order valence-corrected chi connectivity index (χ1v) is 11.8. The number of hydrogen-bond donors (Lipinski definition) is 3. The van der Waals surface area contributed by atoms with Crippen LogP contribution in [0.4, 0.5) is 17.2 Å². The second-order valence-corrected chi connectivity index (χ2v) is 9.86. The number of aromatic nitrogens is 3. The Morgan fingerprint density at radius 1 is 1.06 bits per heavy atom. The minimum absolute atomic E-state index is 0.0330. The van der Waals surface area contributed by atoms with Crippen LogP contribution >= 0.6 is 11.3 Å². The van der Waals surface area contributed by atoms with Crippen molar-refractivity contribution < 1.29 is 13.2 Å². The smallest absolute Gasteiger partial charge is 0.267 e. The summed E-state index contributed by atoms with van der Waals surface area (Å²) >= 11 is 1.21. The number of carbonyl (C=O) groups is 1. The Labute approximate surface area is 188 Å². The molecule has 0 unspecified atom stereocenters. The van der Waals surface area contributed by atoms with Crippen molar-refractivity contribution in [1.82, 2.24) is 15.0 Å². The lowest BCUT2D eigenvalue weighted by molar-refractivity contribution is 0.103. The molecule has 3 aromatic heterocycles. The third-order valence-electron chi connectivity index (χ3n) is 4.67. The first-order chi connectivity index (χ1) is 15.1. The number of sulfonamides is 1. The molecule has 1 amide bonds. The highest BCUT2D eigenvalue weighted by atomic mass is 32.2. The Morgan fingerprint density at radius 3 is 2.44 bits per heavy atom. The van der Waals surface area contributed by atoms with Crippen molar-refractivity contribution in [3.63, 3.8) is 0 Å². The molecule has 4 N–H and O–H groups in total. The van der Waals surface area contributed by atoms with Gasteiger partial charge in [0.05, 0.1) is 10.6 Å². The van der Waals surface area contributed by atoms with E-state index in [1.807, 2.05) is 13.0 Å². The minimum Gasteiger partial charge on any atom is -0.397 e. The van der Waals surface area contributed by atoms with Gasteiger partial charge in [0.25, 0.3) is 15.9 Å². The summed E-state index contributed by atoms with van der Waals surface area (Å²) in [5.41, 5.74) is 8.59. The molecule has 0 aliphatic heterocycles. The summed E-state index contributed by atoms with van der Waals surface area (Å²) < 4.78 is 27.8. The van der Waals surface area contributed by atoms with E-state index in [2.05, 4.69) is 25.0 Å². The van der Waals surface area contributed by atoms with Crippen LogP contribution in [0, 0.1) is 20.8 Å². The van der Waals surface area contributed by atoms with E-state index >= 15 is 0 Å². The number of benzene rings is 1. The van der Waals surface area contributed by atoms with Crippen LogP contribution in [0.5, 0.6) is 0 Å². The lowest BCUT2D eigenvalue weighted by Crippen LogP contribution is -2.15. The van der Waals surface area contributed by atoms with Gasteiger partial charge in [-0.1, -0.05) is 0 Å². The van der Waals surface area contributed by atoms with Crippen molar-refractivity contribution in [3.8, 4) is 0 Å². The lowest BCUT2D eigenvalue weighted by atomic mass is 10.1. The fourth-order valence-electron chi connectivity index (χ4n) is 3.24. The average molecular weight is 469 g/mol. The molecule has 32 heavy (non-hydrogen) atoms. The van der Waals surface area contributed by atoms with Crippen LogP contribution in [-0.4, -0.2) is 29.3 Å². The second-order valence-electron chi connectivity index (χ2n) is 7.18. The zero-order valence-corrected chi connectivity index (χ0v) is 19.1. The van der Waals surface area contributed by atoms with Crippen molar-refractivity contribution in [2.45, 2.75) is 25.7 Å². The molecule has 0 aliphatic rings. The molecule has 9 nitrogen and oxygen atoms in total. The van der Waals surface area contributed by atoms with Crippen LogP contribution in [0.2, 0.25) is 0 Å². The number of pyridine rings is 1. The molecule has 164 valence electrons. The van der Waals surface area contributed by atoms with E-state index < -0.39 is 10.0 Å². The number of nitrogen functional groups attached to an aromatic ring is 1. The van der Waals surface area contributed by atoms with Gasteiger partial charge in [-0.15, -0.1) is 11.3 Å². The van der Waals surface area contributed by atoms with Crippen molar-refractivity contribution in [3.05, 3.63) is 64.6 Å². The van der Waals surface area contributed by atoms with Crippen molar-refractivity contribution in [1.29, 1.82) is 0 Å². The van der Waals surface area contributed by atoms with Gasteiger partial charge in [0.15, 0.2) is 0 Å². The minimum atomic E-state index is -3.85. The van der Waals surface area contributed by atoms with Crippen LogP contribution in [0.25, 0.3) is 10.2 Å². The number of fused-ring (bicyclic) bond motifs is 1. The Bertz CT molecular complexity index is 1430. The number of nitrogens with two attached hydrogens (primary N) is 1. The third-order valence-corrected chi connectivity index (χ3v) is 7.15. The summed E-state index contributed by atoms with van der Waals surface area (Å²) in [6.07, 6.45) is 1.67. The maximum atomic E-state index is 12.7. The standard InChI is InChI=1S/C21H20N6O3S2/c1-11-8-9-23-21-17(11)18(22)19(31-21)20(28)26-14-4-6-15(7-5-14)32(29,30)27-16-10-12(2)24-13(3)25-16/h4-10H,22H2,1-3H3,(H,26,28)(H,24,25,27). The summed E-state index contributed by atoms with van der Waals surface area (Å²) in [5.74, 6) is 0.272. The van der Waals surface area contributed by atoms with E-state index in [-0.39, 0.29) is 16.6 Å². The predicted molar refractivity (Wildman–Crippen MR) is 125 cm³/mol. The van der Waals surface area contributed by atoms with E-state index in [1.165, 1.54) is 35.6 Å². The summed E-state index contributed by atoms with van der Waals surface area (Å²) in [4.78, 5) is 26.3. The molecule has 3 heterocycles. The van der Waals surface area contributed by atoms with E-state index in [9.17, 15) is 13.2 Å². The van der Waals surface area contributed by atoms with Crippen molar-refractivity contribution >= 4 is 54.7 Å². The summed E-state index contributed by atoms with van der Waals surface area (Å²) in [6, 6.07) is 9.21. The number of hydrogen-bond acceptors (Lipinski definition) is 8. The fourth-order valence-corrected chi connectivity index (χ4v) is 5.27. The molecule has 0 saturated carbocycles. The van der Waals surface area contributed by atoms with Crippen LogP contribution in [0.1, 0.15) is 26.8 Å². The highest BCUT2D eigenvalue weighted by molar-refractivity contribution is 7.92. The van der Waals surface area contributed by atoms with Gasteiger partial charge in [0.2, 0.25) is 0 Å². The highest BCUT2D eigenvalue weighted by Gasteiger charge is 2.19. The van der Waals surface area contributed by atoms with Crippen LogP contribution < -0.4 is 15.8 Å². The van der Waals surface area contributed by atoms with E-state index in [0.717, 1.165) is 10.9 Å². The summed E-state index contributed by atoms with van der Waals surface area (Å²) in [7, 11) is -3.85. The molecule has 4 rings (SSSR count). The molecule has 0 saturated heterocycles. The van der Waals surface area contributed by atoms with Crippen LogP contribution in [-0.2, 0) is 10.0 Å². The molecule has 0 fully saturated rings. The van der Waals surface area contributed by atoms with Gasteiger partial charge in [-0.3, -0.25) is 9.52 Å². The predicted octanol–water partition coefficient (Wildman–Crippen LogP) is 3.65. The van der Waals surface area contributed by atoms with Gasteiger partial charge in [-0.05, 0) is 56.7 Å². The van der Waals surface area contributed by atoms with Gasteiger partial charge < -0.3 is 11.1 Å². The van der Waals surface area contributed by atoms with Crippen molar-refractivity contribution in [2.24, 2.45) is 0 Å². The number of rotatable bonds is 5. The van der Waals surface area contributed by atoms with Crippen LogP contribution in [0.3, 0.4) is 0 Å². The molecule has 0 aliphatic carbocycles. The van der Waals surface area contributed by atoms with E-state index in [4.69, 9.17) is 5.73 Å². The largest absolute Gasteiger partial charge is 0.397 e. The van der Waals surface area contributed by atoms with Gasteiger partial charge in [0.1, 0.15) is 21.3 Å². The number of nitrogens with one attached hydrogen (secondary N) is 2. The quantitative estimate of drug-likeness (QED) is 0.406. The number of nitrogens with zero attached hydrogens (tertiary/aromatic N) is 3. The normalized spacial score (nSPS) is 11.5. The molecule has 1 aromatic carbocycles. The fraction of sp³-hybridized carbons (Fsp3) is 0.143. The Morgan fingerprint density at radius 2 is 1.78 bits per heavy atom. The Kier molecular flexibility index (Phi) is 5.53. The topological polar surface area (TPSA) is 140 Å². The Hall–Kier alpha value is -3.57. The van der Waals surface area contributed by atoms with Gasteiger partial charge in [-0.25, -0.2) is 23.4 Å². The molecule has 0 bridgehead atoms. The first-order valence-electron chi connectivity index (χ1n) is 9.54. The van der Waals surface area contributed by atoms with Crippen molar-refractivity contribution in [2.75, 3.05) is 15.8 Å². The zero-order chi connectivity index (χ0) is 23.0. The van der Waals surface area contributed by atoms with Gasteiger partial charge >= 0.3 is 0 Å². The number of carbonyl (C=O) groups excluding carboxylic acids is 1. The lowest BCUT2D eigenvalue weighted by Gasteiger charge is -2.10. The molecule has 11 heteroatoms. The number of thiophene rings is 1. The molecule has 0 spiro atoms. The first kappa shape index (κ1) is 21.7. The average Bonchev–Trinajstić information content (AvgIpc) is 3.05. The maximum Gasteiger partial charge on any atom is 0.267 e. The monoisotopic (exact) mass is 468 g/mol. The molecular formula is C21H20N6O3S2. The third kappa shape index (κ3) is 4.25. The maximum absolute atomic E-state index is 12.7. The molecular weight excluding hydrogens is 448 g/mol. The zero-order valence-electron chi connectivity index (χ0n) is 17.5. The van der Waals surface area contributed by atoms with Crippen LogP contribution in [0.15, 0.2) is 47.5 Å². The SMILES string of the molecule is Cc1cc(NS(=O)(=O)c2ccc(NC(=O)c3sc4nccc(C)c4c3N)cc2)nc(C)n1.